The van der Waals surface area contributed by atoms with Gasteiger partial charge in [0.15, 0.2) is 0 Å². The molecule has 1 amide bonds. The van der Waals surface area contributed by atoms with Crippen LogP contribution in [0.4, 0.5) is 0 Å². The molecule has 2 saturated heterocycles. The Morgan fingerprint density at radius 1 is 1.07 bits per heavy atom. The van der Waals surface area contributed by atoms with Crippen molar-refractivity contribution in [1.82, 2.24) is 4.90 Å². The second-order valence-corrected chi connectivity index (χ2v) is 5.49. The van der Waals surface area contributed by atoms with Crippen LogP contribution in [0.3, 0.4) is 0 Å². The lowest BCUT2D eigenvalue weighted by Gasteiger charge is -2.41. The van der Waals surface area contributed by atoms with Gasteiger partial charge < -0.3 is 10.6 Å². The Balaban J connectivity index is 1.73. The van der Waals surface area contributed by atoms with Crippen LogP contribution < -0.4 is 5.73 Å². The quantitative estimate of drug-likeness (QED) is 0.705. The minimum Gasteiger partial charge on any atom is -0.336 e. The molecule has 3 heteroatoms. The highest BCUT2D eigenvalue weighted by Gasteiger charge is 2.44. The van der Waals surface area contributed by atoms with Crippen LogP contribution >= 0.6 is 0 Å². The summed E-state index contributed by atoms with van der Waals surface area (Å²) in [6.45, 7) is 0. The summed E-state index contributed by atoms with van der Waals surface area (Å²) in [5, 5.41) is 0. The zero-order chi connectivity index (χ0) is 10.4. The maximum Gasteiger partial charge on any atom is 0.226 e. The number of piperidine rings is 1. The number of nitrogens with zero attached hydrogens (tertiary/aromatic N) is 1. The van der Waals surface area contributed by atoms with E-state index in [-0.39, 0.29) is 0 Å². The number of amides is 1. The van der Waals surface area contributed by atoms with Gasteiger partial charge in [-0.2, -0.15) is 0 Å². The Morgan fingerprint density at radius 2 is 1.67 bits per heavy atom. The van der Waals surface area contributed by atoms with E-state index >= 15 is 0 Å². The fraction of sp³-hybridized carbons (Fsp3) is 0.917. The molecule has 2 atom stereocenters. The maximum absolute atomic E-state index is 12.2. The van der Waals surface area contributed by atoms with Crippen molar-refractivity contribution in [1.29, 1.82) is 0 Å². The van der Waals surface area contributed by atoms with Crippen molar-refractivity contribution in [3.05, 3.63) is 0 Å². The van der Waals surface area contributed by atoms with E-state index in [2.05, 4.69) is 4.90 Å². The highest BCUT2D eigenvalue weighted by molar-refractivity contribution is 5.80. The van der Waals surface area contributed by atoms with Crippen molar-refractivity contribution < 1.29 is 4.79 Å². The highest BCUT2D eigenvalue weighted by Crippen LogP contribution is 2.39. The van der Waals surface area contributed by atoms with E-state index in [4.69, 9.17) is 5.73 Å². The zero-order valence-corrected chi connectivity index (χ0v) is 9.19. The van der Waals surface area contributed by atoms with Gasteiger partial charge in [0.1, 0.15) is 0 Å². The molecule has 0 spiro atoms. The summed E-state index contributed by atoms with van der Waals surface area (Å²) in [5.41, 5.74) is 6.00. The van der Waals surface area contributed by atoms with E-state index in [1.165, 1.54) is 19.3 Å². The summed E-state index contributed by atoms with van der Waals surface area (Å²) in [4.78, 5) is 14.4. The Hall–Kier alpha value is -0.570. The first-order chi connectivity index (χ1) is 7.25. The monoisotopic (exact) mass is 208 g/mol. The molecule has 3 fully saturated rings. The first kappa shape index (κ1) is 9.64. The van der Waals surface area contributed by atoms with Crippen LogP contribution in [0.2, 0.25) is 0 Å². The second-order valence-electron chi connectivity index (χ2n) is 5.49. The number of hydrogen-bond acceptors (Lipinski definition) is 2. The maximum atomic E-state index is 12.2. The molecule has 3 nitrogen and oxygen atoms in total. The van der Waals surface area contributed by atoms with Crippen molar-refractivity contribution >= 4 is 5.91 Å². The van der Waals surface area contributed by atoms with Gasteiger partial charge in [-0.1, -0.05) is 6.42 Å². The fourth-order valence-electron chi connectivity index (χ4n) is 3.44. The topological polar surface area (TPSA) is 46.3 Å². The standard InChI is InChI=1S/C12H20N2O/c13-9-6-10-4-5-11(7-9)14(10)12(15)8-2-1-3-8/h8-11H,1-7,13H2. The smallest absolute Gasteiger partial charge is 0.226 e. The van der Waals surface area contributed by atoms with Crippen LogP contribution in [0.5, 0.6) is 0 Å². The molecule has 15 heavy (non-hydrogen) atoms. The van der Waals surface area contributed by atoms with Crippen molar-refractivity contribution in [2.45, 2.75) is 63.1 Å². The van der Waals surface area contributed by atoms with Crippen molar-refractivity contribution in [2.75, 3.05) is 0 Å². The zero-order valence-electron chi connectivity index (χ0n) is 9.19. The first-order valence-corrected chi connectivity index (χ1v) is 6.33. The number of nitrogens with two attached hydrogens (primary N) is 1. The third kappa shape index (κ3) is 1.48. The summed E-state index contributed by atoms with van der Waals surface area (Å²) < 4.78 is 0. The summed E-state index contributed by atoms with van der Waals surface area (Å²) in [5.74, 6) is 0.808. The van der Waals surface area contributed by atoms with Gasteiger partial charge in [0.05, 0.1) is 0 Å². The Morgan fingerprint density at radius 3 is 2.13 bits per heavy atom. The molecule has 2 unspecified atom stereocenters. The molecule has 0 aromatic carbocycles. The number of hydrogen-bond donors (Lipinski definition) is 1. The van der Waals surface area contributed by atoms with Gasteiger partial charge in [0.25, 0.3) is 0 Å². The van der Waals surface area contributed by atoms with Gasteiger partial charge in [0.2, 0.25) is 5.91 Å². The molecule has 0 aromatic heterocycles. The van der Waals surface area contributed by atoms with Crippen LogP contribution in [-0.2, 0) is 4.79 Å². The van der Waals surface area contributed by atoms with Crippen molar-refractivity contribution in [3.63, 3.8) is 0 Å². The Labute approximate surface area is 91.0 Å². The lowest BCUT2D eigenvalue weighted by Crippen LogP contribution is -2.52. The van der Waals surface area contributed by atoms with E-state index in [1.54, 1.807) is 0 Å². The molecule has 2 aliphatic heterocycles. The minimum absolute atomic E-state index is 0.341. The summed E-state index contributed by atoms with van der Waals surface area (Å²) >= 11 is 0. The van der Waals surface area contributed by atoms with Crippen LogP contribution in [0.25, 0.3) is 0 Å². The van der Waals surface area contributed by atoms with Crippen LogP contribution in [0.15, 0.2) is 0 Å². The third-order valence-corrected chi connectivity index (χ3v) is 4.48. The number of fused-ring (bicyclic) bond motifs is 2. The molecule has 1 saturated carbocycles. The average Bonchev–Trinajstić information content (AvgIpc) is 2.36. The number of carbonyl (C=O) groups excluding carboxylic acids is 1. The SMILES string of the molecule is NC1CC2CCC(C1)N2C(=O)C1CCC1. The molecule has 84 valence electrons. The highest BCUT2D eigenvalue weighted by atomic mass is 16.2. The van der Waals surface area contributed by atoms with E-state index in [1.807, 2.05) is 0 Å². The minimum atomic E-state index is 0.341. The second kappa shape index (κ2) is 3.48. The van der Waals surface area contributed by atoms with E-state index in [0.717, 1.165) is 25.7 Å². The van der Waals surface area contributed by atoms with Crippen molar-refractivity contribution in [2.24, 2.45) is 11.7 Å². The molecule has 2 N–H and O–H groups in total. The lowest BCUT2D eigenvalue weighted by molar-refractivity contribution is -0.142. The van der Waals surface area contributed by atoms with Gasteiger partial charge in [-0.05, 0) is 38.5 Å². The molecule has 3 aliphatic rings. The van der Waals surface area contributed by atoms with E-state index in [0.29, 0.717) is 30.0 Å². The Bertz CT molecular complexity index is 261. The lowest BCUT2D eigenvalue weighted by atomic mass is 9.83. The van der Waals surface area contributed by atoms with Gasteiger partial charge in [-0.3, -0.25) is 4.79 Å². The van der Waals surface area contributed by atoms with Crippen LogP contribution in [-0.4, -0.2) is 28.9 Å². The van der Waals surface area contributed by atoms with E-state index < -0.39 is 0 Å². The van der Waals surface area contributed by atoms with Crippen LogP contribution in [0, 0.1) is 5.92 Å². The molecular weight excluding hydrogens is 188 g/mol. The molecule has 0 radical (unpaired) electrons. The largest absolute Gasteiger partial charge is 0.336 e. The third-order valence-electron chi connectivity index (χ3n) is 4.48. The van der Waals surface area contributed by atoms with Gasteiger partial charge in [-0.15, -0.1) is 0 Å². The summed E-state index contributed by atoms with van der Waals surface area (Å²) in [6, 6.07) is 1.30. The summed E-state index contributed by atoms with van der Waals surface area (Å²) in [7, 11) is 0. The normalized spacial score (nSPS) is 40.3. The first-order valence-electron chi connectivity index (χ1n) is 6.33. The fourth-order valence-corrected chi connectivity index (χ4v) is 3.44. The van der Waals surface area contributed by atoms with E-state index in [9.17, 15) is 4.79 Å². The Kier molecular flexibility index (Phi) is 2.23. The predicted octanol–water partition coefficient (Wildman–Crippen LogP) is 1.27. The van der Waals surface area contributed by atoms with Crippen molar-refractivity contribution in [3.8, 4) is 0 Å². The average molecular weight is 208 g/mol. The number of rotatable bonds is 1. The number of carbonyl (C=O) groups is 1. The molecule has 2 heterocycles. The molecule has 1 aliphatic carbocycles. The van der Waals surface area contributed by atoms with Crippen LogP contribution in [0.1, 0.15) is 44.9 Å². The molecular formula is C12H20N2O. The molecule has 0 aromatic rings. The molecule has 2 bridgehead atoms. The summed E-state index contributed by atoms with van der Waals surface area (Å²) in [6.07, 6.45) is 7.96. The predicted molar refractivity (Wildman–Crippen MR) is 58.2 cm³/mol. The van der Waals surface area contributed by atoms with Gasteiger partial charge in [0, 0.05) is 24.0 Å². The molecule has 3 rings (SSSR count). The van der Waals surface area contributed by atoms with Gasteiger partial charge in [-0.25, -0.2) is 0 Å². The van der Waals surface area contributed by atoms with Gasteiger partial charge >= 0.3 is 0 Å².